The highest BCUT2D eigenvalue weighted by Crippen LogP contribution is 2.64. The zero-order chi connectivity index (χ0) is 20.2. The van der Waals surface area contributed by atoms with Crippen LogP contribution >= 0.6 is 18.2 Å². The van der Waals surface area contributed by atoms with E-state index in [4.69, 9.17) is 9.05 Å². The van der Waals surface area contributed by atoms with Crippen molar-refractivity contribution in [2.24, 2.45) is 5.41 Å². The van der Waals surface area contributed by atoms with Crippen LogP contribution in [0.1, 0.15) is 69.9 Å². The molecular formula is C22H31O4PS. The third-order valence-electron chi connectivity index (χ3n) is 5.67. The number of hydrogen-bond acceptors (Lipinski definition) is 5. The predicted molar refractivity (Wildman–Crippen MR) is 116 cm³/mol. The molecule has 0 saturated heterocycles. The summed E-state index contributed by atoms with van der Waals surface area (Å²) in [6.45, 7) is 2.83. The Morgan fingerprint density at radius 1 is 1.14 bits per heavy atom. The number of ketones is 1. The summed E-state index contributed by atoms with van der Waals surface area (Å²) in [4.78, 5) is 13.3. The normalized spacial score (nSPS) is 21.2. The maximum atomic E-state index is 13.4. The van der Waals surface area contributed by atoms with Gasteiger partial charge in [0.1, 0.15) is 5.76 Å². The molecule has 0 amide bonds. The number of rotatable bonds is 8. The molecule has 0 aliphatic heterocycles. The lowest BCUT2D eigenvalue weighted by Crippen LogP contribution is -2.29. The van der Waals surface area contributed by atoms with Crippen molar-refractivity contribution in [3.05, 3.63) is 41.2 Å². The van der Waals surface area contributed by atoms with Crippen LogP contribution in [-0.2, 0) is 18.4 Å². The van der Waals surface area contributed by atoms with E-state index in [1.54, 1.807) is 0 Å². The van der Waals surface area contributed by atoms with Crippen LogP contribution in [0.3, 0.4) is 0 Å². The maximum Gasteiger partial charge on any atom is 0.439 e. The molecule has 1 aromatic rings. The second-order valence-corrected chi connectivity index (χ2v) is 12.0. The van der Waals surface area contributed by atoms with Gasteiger partial charge in [-0.3, -0.25) is 9.32 Å². The van der Waals surface area contributed by atoms with Gasteiger partial charge in [0.05, 0.1) is 12.2 Å². The van der Waals surface area contributed by atoms with Gasteiger partial charge in [0.15, 0.2) is 5.78 Å². The SMILES string of the molecule is CCCSP(=O)(OCC)OC1=C(c2ccccc2C)C(=O)CC2(CCCC2)C1. The monoisotopic (exact) mass is 422 g/mol. The molecule has 0 aromatic heterocycles. The summed E-state index contributed by atoms with van der Waals surface area (Å²) in [6, 6.07) is 7.87. The molecule has 1 spiro atoms. The Morgan fingerprint density at radius 3 is 2.50 bits per heavy atom. The fourth-order valence-corrected chi connectivity index (χ4v) is 7.89. The van der Waals surface area contributed by atoms with E-state index < -0.39 is 6.80 Å². The molecule has 6 heteroatoms. The molecule has 3 rings (SSSR count). The first-order valence-electron chi connectivity index (χ1n) is 10.3. The van der Waals surface area contributed by atoms with Gasteiger partial charge in [-0.2, -0.15) is 0 Å². The van der Waals surface area contributed by atoms with Gasteiger partial charge in [-0.1, -0.05) is 44.0 Å². The van der Waals surface area contributed by atoms with Crippen LogP contribution in [0.4, 0.5) is 0 Å². The molecule has 154 valence electrons. The second-order valence-electron chi connectivity index (χ2n) is 7.89. The smallest absolute Gasteiger partial charge is 0.421 e. The number of allylic oxidation sites excluding steroid dienone is 2. The Morgan fingerprint density at radius 2 is 1.86 bits per heavy atom. The fourth-order valence-electron chi connectivity index (χ4n) is 4.37. The summed E-state index contributed by atoms with van der Waals surface area (Å²) in [6.07, 6.45) is 6.48. The minimum absolute atomic E-state index is 0.0366. The van der Waals surface area contributed by atoms with E-state index in [1.807, 2.05) is 45.0 Å². The van der Waals surface area contributed by atoms with Crippen LogP contribution in [0.2, 0.25) is 0 Å². The predicted octanol–water partition coefficient (Wildman–Crippen LogP) is 6.93. The first kappa shape index (κ1) is 21.7. The summed E-state index contributed by atoms with van der Waals surface area (Å²) >= 11 is 1.24. The van der Waals surface area contributed by atoms with Crippen LogP contribution in [0.15, 0.2) is 30.0 Å². The second kappa shape index (κ2) is 9.19. The standard InChI is InChI=1S/C22H31O4PS/c1-4-14-28-27(24,25-5-2)26-20-16-22(12-8-9-13-22)15-19(23)21(20)18-11-7-6-10-17(18)3/h6-7,10-11H,4-5,8-9,12-16H2,1-3H3. The van der Waals surface area contributed by atoms with Gasteiger partial charge in [-0.25, -0.2) is 4.57 Å². The van der Waals surface area contributed by atoms with Gasteiger partial charge in [0, 0.05) is 18.6 Å². The zero-order valence-electron chi connectivity index (χ0n) is 17.2. The van der Waals surface area contributed by atoms with E-state index in [-0.39, 0.29) is 11.2 Å². The molecule has 1 fully saturated rings. The molecule has 0 bridgehead atoms. The quantitative estimate of drug-likeness (QED) is 0.425. The molecule has 2 aliphatic rings. The minimum atomic E-state index is -3.35. The molecule has 1 aromatic carbocycles. The van der Waals surface area contributed by atoms with Crippen LogP contribution in [0, 0.1) is 12.3 Å². The third kappa shape index (κ3) is 4.75. The van der Waals surface area contributed by atoms with E-state index in [1.165, 1.54) is 11.4 Å². The van der Waals surface area contributed by atoms with Crippen molar-refractivity contribution in [2.75, 3.05) is 12.4 Å². The molecule has 0 N–H and O–H groups in total. The van der Waals surface area contributed by atoms with Crippen LogP contribution in [0.25, 0.3) is 5.57 Å². The van der Waals surface area contributed by atoms with Gasteiger partial charge in [0.25, 0.3) is 0 Å². The largest absolute Gasteiger partial charge is 0.439 e. The number of benzene rings is 1. The third-order valence-corrected chi connectivity index (χ3v) is 9.63. The lowest BCUT2D eigenvalue weighted by Gasteiger charge is -2.36. The van der Waals surface area contributed by atoms with Crippen molar-refractivity contribution in [2.45, 2.75) is 65.7 Å². The highest BCUT2D eigenvalue weighted by Gasteiger charge is 2.45. The molecular weight excluding hydrogens is 391 g/mol. The maximum absolute atomic E-state index is 13.4. The summed E-state index contributed by atoms with van der Waals surface area (Å²) in [5.74, 6) is 1.39. The lowest BCUT2D eigenvalue weighted by atomic mass is 9.71. The number of carbonyl (C=O) groups excluding carboxylic acids is 1. The summed E-state index contributed by atoms with van der Waals surface area (Å²) < 4.78 is 25.1. The summed E-state index contributed by atoms with van der Waals surface area (Å²) in [7, 11) is 0. The van der Waals surface area contributed by atoms with E-state index in [0.29, 0.717) is 36.5 Å². The first-order chi connectivity index (χ1) is 13.4. The van der Waals surface area contributed by atoms with Crippen LogP contribution in [0.5, 0.6) is 0 Å². The lowest BCUT2D eigenvalue weighted by molar-refractivity contribution is -0.116. The topological polar surface area (TPSA) is 52.6 Å². The van der Waals surface area contributed by atoms with Crippen molar-refractivity contribution < 1.29 is 18.4 Å². The van der Waals surface area contributed by atoms with Crippen molar-refractivity contribution in [3.8, 4) is 0 Å². The Bertz CT molecular complexity index is 795. The van der Waals surface area contributed by atoms with E-state index in [0.717, 1.165) is 43.2 Å². The Kier molecular flexibility index (Phi) is 7.12. The Labute approximate surface area is 172 Å². The summed E-state index contributed by atoms with van der Waals surface area (Å²) in [5.41, 5.74) is 2.48. The van der Waals surface area contributed by atoms with Crippen LogP contribution < -0.4 is 0 Å². The average Bonchev–Trinajstić information content (AvgIpc) is 3.08. The molecule has 0 radical (unpaired) electrons. The van der Waals surface area contributed by atoms with Crippen LogP contribution in [-0.4, -0.2) is 18.1 Å². The fraction of sp³-hybridized carbons (Fsp3) is 0.591. The van der Waals surface area contributed by atoms with Crippen molar-refractivity contribution in [3.63, 3.8) is 0 Å². The minimum Gasteiger partial charge on any atom is -0.421 e. The van der Waals surface area contributed by atoms with E-state index in [9.17, 15) is 9.36 Å². The van der Waals surface area contributed by atoms with Gasteiger partial charge < -0.3 is 4.52 Å². The Balaban J connectivity index is 2.05. The molecule has 0 heterocycles. The summed E-state index contributed by atoms with van der Waals surface area (Å²) in [5, 5.41) is 0. The van der Waals surface area contributed by atoms with E-state index in [2.05, 4.69) is 0 Å². The number of carbonyl (C=O) groups is 1. The number of Topliss-reactive ketones (excluding diaryl/α,β-unsaturated/α-hetero) is 1. The molecule has 1 unspecified atom stereocenters. The van der Waals surface area contributed by atoms with Gasteiger partial charge in [-0.05, 0) is 61.0 Å². The van der Waals surface area contributed by atoms with Gasteiger partial charge in [0.2, 0.25) is 0 Å². The van der Waals surface area contributed by atoms with Gasteiger partial charge in [-0.15, -0.1) is 0 Å². The molecule has 4 nitrogen and oxygen atoms in total. The van der Waals surface area contributed by atoms with Gasteiger partial charge >= 0.3 is 6.80 Å². The van der Waals surface area contributed by atoms with Crippen molar-refractivity contribution in [1.29, 1.82) is 0 Å². The average molecular weight is 423 g/mol. The molecule has 1 atom stereocenters. The van der Waals surface area contributed by atoms with E-state index >= 15 is 0 Å². The van der Waals surface area contributed by atoms with Crippen molar-refractivity contribution in [1.82, 2.24) is 0 Å². The highest BCUT2D eigenvalue weighted by molar-refractivity contribution is 8.55. The Hall–Kier alpha value is -1.03. The molecule has 1 saturated carbocycles. The number of aryl methyl sites for hydroxylation is 1. The zero-order valence-corrected chi connectivity index (χ0v) is 18.9. The molecule has 2 aliphatic carbocycles. The molecule has 28 heavy (non-hydrogen) atoms. The highest BCUT2D eigenvalue weighted by atomic mass is 32.7. The number of hydrogen-bond donors (Lipinski definition) is 0. The first-order valence-corrected chi connectivity index (χ1v) is 13.5. The van der Waals surface area contributed by atoms with Crippen molar-refractivity contribution >= 4 is 29.5 Å².